The van der Waals surface area contributed by atoms with Crippen LogP contribution in [0.5, 0.6) is 0 Å². The predicted octanol–water partition coefficient (Wildman–Crippen LogP) is 5.84. The van der Waals surface area contributed by atoms with Gasteiger partial charge in [-0.15, -0.1) is 0 Å². The number of rotatable bonds is 3. The molecule has 1 heterocycles. The van der Waals surface area contributed by atoms with Crippen molar-refractivity contribution >= 4 is 26.0 Å². The third-order valence-corrected chi connectivity index (χ3v) is 8.05. The molecule has 0 spiro atoms. The quantitative estimate of drug-likeness (QED) is 0.274. The summed E-state index contributed by atoms with van der Waals surface area (Å²) >= 11 is 5.85. The maximum absolute atomic E-state index is 11.9. The fourth-order valence-corrected chi connectivity index (χ4v) is 7.45. The van der Waals surface area contributed by atoms with E-state index in [9.17, 15) is 4.79 Å². The van der Waals surface area contributed by atoms with Gasteiger partial charge in [-0.25, -0.2) is 0 Å². The van der Waals surface area contributed by atoms with Crippen molar-refractivity contribution in [2.75, 3.05) is 6.54 Å². The van der Waals surface area contributed by atoms with Crippen LogP contribution >= 0.6 is 11.6 Å². The van der Waals surface area contributed by atoms with Crippen LogP contribution in [0.1, 0.15) is 59.9 Å². The van der Waals surface area contributed by atoms with Gasteiger partial charge in [0.05, 0.1) is 6.04 Å². The van der Waals surface area contributed by atoms with E-state index in [2.05, 4.69) is 53.4 Å². The Morgan fingerprint density at radius 1 is 1.19 bits per heavy atom. The molecule has 147 valence electrons. The maximum atomic E-state index is 11.9. The minimum absolute atomic E-state index is 0.0456. The Morgan fingerprint density at radius 3 is 2.30 bits per heavy atom. The fourth-order valence-electron chi connectivity index (χ4n) is 3.81. The Morgan fingerprint density at radius 2 is 1.78 bits per heavy atom. The normalized spacial score (nSPS) is 19.0. The molecule has 0 N–H and O–H groups in total. The number of carbonyl (C=O) groups is 1. The van der Waals surface area contributed by atoms with E-state index in [1.807, 2.05) is 30.3 Å². The first-order valence-electron chi connectivity index (χ1n) is 9.57. The summed E-state index contributed by atoms with van der Waals surface area (Å²) in [4.78, 5) is 13.6. The molecule has 1 aliphatic heterocycles. The van der Waals surface area contributed by atoms with Crippen molar-refractivity contribution in [2.45, 2.75) is 76.6 Å². The molecule has 5 heteroatoms. The Balaban J connectivity index is 2.37. The van der Waals surface area contributed by atoms with Gasteiger partial charge in [0.1, 0.15) is 6.10 Å². The summed E-state index contributed by atoms with van der Waals surface area (Å²) in [5.41, 5.74) is 0.952. The number of amides is 1. The van der Waals surface area contributed by atoms with Crippen LogP contribution in [-0.4, -0.2) is 38.0 Å². The Bertz CT molecular complexity index is 683. The zero-order valence-electron chi connectivity index (χ0n) is 17.3. The topological polar surface area (TPSA) is 29.5 Å². The van der Waals surface area contributed by atoms with Crippen LogP contribution < -0.4 is 0 Å². The van der Waals surface area contributed by atoms with Crippen molar-refractivity contribution < 1.29 is 9.22 Å². The molecule has 1 radical (unpaired) electrons. The third-order valence-electron chi connectivity index (χ3n) is 4.61. The predicted molar refractivity (Wildman–Crippen MR) is 114 cm³/mol. The number of carbonyl (C=O) groups excluding carboxylic acids is 1. The molecule has 2 rings (SSSR count). The van der Waals surface area contributed by atoms with Crippen LogP contribution in [0, 0.1) is 11.8 Å². The molecule has 0 saturated carbocycles. The Labute approximate surface area is 171 Å². The van der Waals surface area contributed by atoms with Gasteiger partial charge < -0.3 is 9.33 Å². The van der Waals surface area contributed by atoms with Crippen molar-refractivity contribution in [3.05, 3.63) is 35.9 Å². The highest BCUT2D eigenvalue weighted by Crippen LogP contribution is 2.43. The van der Waals surface area contributed by atoms with Crippen molar-refractivity contribution in [3.63, 3.8) is 0 Å². The van der Waals surface area contributed by atoms with E-state index in [1.165, 1.54) is 0 Å². The van der Waals surface area contributed by atoms with Gasteiger partial charge in [-0.05, 0) is 46.7 Å². The number of hydrogen-bond acceptors (Lipinski definition) is 2. The van der Waals surface area contributed by atoms with Crippen molar-refractivity contribution in [1.29, 1.82) is 0 Å². The smallest absolute Gasteiger partial charge is 0.316 e. The standard InChI is InChI=1S/C22H31ClNO2Si/c1-21(2,3)27(22(4,5)6)26-19(15-14-17-11-8-7-9-12-17)18-13-10-16-24(18)20(23)25/h7-9,11-12,18-19H,10,13,16H2,1-6H3/t18-,19+/m0/s1. The molecule has 0 aromatic heterocycles. The van der Waals surface area contributed by atoms with Crippen LogP contribution in [0.25, 0.3) is 0 Å². The highest BCUT2D eigenvalue weighted by Gasteiger charge is 2.44. The van der Waals surface area contributed by atoms with Gasteiger partial charge in [-0.1, -0.05) is 71.6 Å². The minimum atomic E-state index is -1.25. The van der Waals surface area contributed by atoms with Gasteiger partial charge in [0.15, 0.2) is 0 Å². The van der Waals surface area contributed by atoms with Gasteiger partial charge in [0.2, 0.25) is 9.04 Å². The summed E-state index contributed by atoms with van der Waals surface area (Å²) in [5, 5.41) is -0.318. The summed E-state index contributed by atoms with van der Waals surface area (Å²) in [5.74, 6) is 6.59. The Hall–Kier alpha value is -1.28. The van der Waals surface area contributed by atoms with Gasteiger partial charge >= 0.3 is 5.37 Å². The van der Waals surface area contributed by atoms with Crippen LogP contribution in [0.15, 0.2) is 30.3 Å². The molecule has 27 heavy (non-hydrogen) atoms. The highest BCUT2D eigenvalue weighted by molar-refractivity contribution is 6.63. The second-order valence-corrected chi connectivity index (χ2v) is 13.4. The monoisotopic (exact) mass is 404 g/mol. The average Bonchev–Trinajstić information content (AvgIpc) is 3.03. The SMILES string of the molecule is CC(C)(C)[Si](O[C@H](C#Cc1ccccc1)[C@@H]1CCCN1C(=O)Cl)C(C)(C)C. The summed E-state index contributed by atoms with van der Waals surface area (Å²) in [6.45, 7) is 14.1. The molecule has 1 saturated heterocycles. The summed E-state index contributed by atoms with van der Waals surface area (Å²) < 4.78 is 6.74. The first-order chi connectivity index (χ1) is 12.5. The van der Waals surface area contributed by atoms with E-state index in [1.54, 1.807) is 4.90 Å². The summed E-state index contributed by atoms with van der Waals surface area (Å²) in [7, 11) is -1.25. The molecular weight excluding hydrogens is 374 g/mol. The highest BCUT2D eigenvalue weighted by atomic mass is 35.5. The number of likely N-dealkylation sites (tertiary alicyclic amines) is 1. The Kier molecular flexibility index (Phi) is 7.19. The lowest BCUT2D eigenvalue weighted by molar-refractivity contribution is 0.138. The van der Waals surface area contributed by atoms with E-state index in [0.717, 1.165) is 18.4 Å². The van der Waals surface area contributed by atoms with Crippen LogP contribution in [0.4, 0.5) is 4.79 Å². The van der Waals surface area contributed by atoms with Crippen molar-refractivity contribution in [3.8, 4) is 11.8 Å². The zero-order valence-corrected chi connectivity index (χ0v) is 19.1. The molecule has 1 fully saturated rings. The molecule has 1 amide bonds. The number of nitrogens with zero attached hydrogens (tertiary/aromatic N) is 1. The fraction of sp³-hybridized carbons (Fsp3) is 0.591. The van der Waals surface area contributed by atoms with Crippen LogP contribution in [0.3, 0.4) is 0 Å². The van der Waals surface area contributed by atoms with Gasteiger partial charge in [0, 0.05) is 12.1 Å². The molecule has 0 bridgehead atoms. The maximum Gasteiger partial charge on any atom is 0.316 e. The average molecular weight is 405 g/mol. The lowest BCUT2D eigenvalue weighted by Gasteiger charge is -2.41. The number of halogens is 1. The molecule has 0 unspecified atom stereocenters. The molecular formula is C22H31ClNO2Si. The van der Waals surface area contributed by atoms with Gasteiger partial charge in [0.25, 0.3) is 0 Å². The summed E-state index contributed by atoms with van der Waals surface area (Å²) in [6, 6.07) is 9.82. The van der Waals surface area contributed by atoms with Crippen LogP contribution in [0.2, 0.25) is 10.1 Å². The van der Waals surface area contributed by atoms with Crippen molar-refractivity contribution in [2.24, 2.45) is 0 Å². The first kappa shape index (κ1) is 22.0. The molecule has 0 aliphatic carbocycles. The van der Waals surface area contributed by atoms with E-state index in [4.69, 9.17) is 16.0 Å². The lowest BCUT2D eigenvalue weighted by Crippen LogP contribution is -2.48. The second-order valence-electron chi connectivity index (χ2n) is 9.16. The number of benzene rings is 1. The molecule has 1 aromatic rings. The molecule has 2 atom stereocenters. The van der Waals surface area contributed by atoms with Crippen molar-refractivity contribution in [1.82, 2.24) is 4.90 Å². The van der Waals surface area contributed by atoms with E-state index in [0.29, 0.717) is 6.54 Å². The molecule has 1 aliphatic rings. The van der Waals surface area contributed by atoms with E-state index in [-0.39, 0.29) is 22.2 Å². The largest absolute Gasteiger partial charge is 0.400 e. The second kappa shape index (κ2) is 8.81. The number of hydrogen-bond donors (Lipinski definition) is 0. The first-order valence-corrected chi connectivity index (χ1v) is 11.4. The zero-order chi connectivity index (χ0) is 20.2. The van der Waals surface area contributed by atoms with Gasteiger partial charge in [-0.2, -0.15) is 0 Å². The van der Waals surface area contributed by atoms with Gasteiger partial charge in [-0.3, -0.25) is 4.79 Å². The molecule has 3 nitrogen and oxygen atoms in total. The van der Waals surface area contributed by atoms with Crippen LogP contribution in [-0.2, 0) is 4.43 Å². The lowest BCUT2D eigenvalue weighted by atomic mass is 10.1. The third kappa shape index (κ3) is 6.10. The van der Waals surface area contributed by atoms with E-state index < -0.39 is 14.4 Å². The summed E-state index contributed by atoms with van der Waals surface area (Å²) in [6.07, 6.45) is 1.47. The minimum Gasteiger partial charge on any atom is -0.400 e. The molecule has 1 aromatic carbocycles. The van der Waals surface area contributed by atoms with E-state index >= 15 is 0 Å².